The van der Waals surface area contributed by atoms with Gasteiger partial charge < -0.3 is 13.9 Å². The van der Waals surface area contributed by atoms with Gasteiger partial charge in [-0.05, 0) is 150 Å². The van der Waals surface area contributed by atoms with Crippen molar-refractivity contribution in [3.8, 4) is 84.3 Å². The van der Waals surface area contributed by atoms with Gasteiger partial charge in [0.2, 0.25) is 0 Å². The van der Waals surface area contributed by atoms with Crippen molar-refractivity contribution in [2.24, 2.45) is 0 Å². The number of nitrogens with zero attached hydrogens (tertiary/aromatic N) is 4. The summed E-state index contributed by atoms with van der Waals surface area (Å²) in [7, 11) is 0. The number of aromatic nitrogens is 4. The molecule has 6 heteroatoms. The van der Waals surface area contributed by atoms with Crippen LogP contribution in [0.2, 0.25) is 0 Å². The van der Waals surface area contributed by atoms with Gasteiger partial charge in [0.1, 0.15) is 5.82 Å². The van der Waals surface area contributed by atoms with Crippen LogP contribution in [0.4, 0.5) is 0 Å². The van der Waals surface area contributed by atoms with Crippen molar-refractivity contribution in [1.82, 2.24) is 14.1 Å². The number of ether oxygens (including phenoxy) is 1. The maximum Gasteiger partial charge on any atom is 0.268 e. The molecule has 12 aromatic rings. The Hall–Kier alpha value is -8.11. The molecule has 0 spiro atoms. The molecule has 5 nitrogen and oxygen atoms in total. The molecule has 0 bridgehead atoms. The smallest absolute Gasteiger partial charge is 0.268 e. The van der Waals surface area contributed by atoms with Crippen molar-refractivity contribution in [2.75, 3.05) is 0 Å². The zero-order chi connectivity index (χ0) is 67.6. The average Bonchev–Trinajstić information content (AvgIpc) is 1.59. The number of rotatable bonds is 6. The van der Waals surface area contributed by atoms with Gasteiger partial charge in [-0.15, -0.1) is 29.7 Å². The molecule has 374 valence electrons. The molecule has 4 heterocycles. The molecule has 0 aliphatic carbocycles. The van der Waals surface area contributed by atoms with E-state index >= 15 is 0 Å². The number of hydrogen-bond acceptors (Lipinski definition) is 2. The summed E-state index contributed by atoms with van der Waals surface area (Å²) in [5.41, 5.74) is -1.37. The summed E-state index contributed by atoms with van der Waals surface area (Å²) < 4.78 is 188. The Bertz CT molecular complexity index is 5230. The first-order valence-corrected chi connectivity index (χ1v) is 24.4. The Morgan fingerprint density at radius 2 is 1.20 bits per heavy atom. The molecule has 9 aromatic carbocycles. The summed E-state index contributed by atoms with van der Waals surface area (Å²) in [5, 5.41) is 1.85. The van der Waals surface area contributed by atoms with E-state index < -0.39 is 125 Å². The second-order valence-corrected chi connectivity index (χ2v) is 20.7. The van der Waals surface area contributed by atoms with Gasteiger partial charge in [-0.3, -0.25) is 4.57 Å². The van der Waals surface area contributed by atoms with E-state index in [0.29, 0.717) is 22.6 Å². The Labute approximate surface area is 486 Å². The largest absolute Gasteiger partial charge is 0.510 e. The van der Waals surface area contributed by atoms with E-state index in [4.69, 9.17) is 22.1 Å². The molecule has 0 amide bonds. The van der Waals surface area contributed by atoms with Crippen molar-refractivity contribution < 1.29 is 56.4 Å². The van der Waals surface area contributed by atoms with Crippen LogP contribution in [0.5, 0.6) is 11.5 Å². The summed E-state index contributed by atoms with van der Waals surface area (Å²) in [4.78, 5) is 4.83. The summed E-state index contributed by atoms with van der Waals surface area (Å²) in [5.74, 6) is 1.16. The minimum Gasteiger partial charge on any atom is -0.510 e. The number of pyridine rings is 1. The van der Waals surface area contributed by atoms with Crippen molar-refractivity contribution >= 4 is 32.8 Å². The fraction of sp³-hybridized carbons (Fsp3) is 0.143. The van der Waals surface area contributed by atoms with Crippen LogP contribution < -0.4 is 9.30 Å². The zero-order valence-electron chi connectivity index (χ0n) is 61.0. The molecular weight excluding hydrogens is 1110 g/mol. The van der Waals surface area contributed by atoms with E-state index in [1.54, 1.807) is 41.1 Å². The van der Waals surface area contributed by atoms with E-state index in [9.17, 15) is 13.7 Å². The van der Waals surface area contributed by atoms with Gasteiger partial charge in [-0.2, -0.15) is 18.2 Å². The van der Waals surface area contributed by atoms with Crippen molar-refractivity contribution in [3.63, 3.8) is 0 Å². The normalized spacial score (nSPS) is 16.0. The molecule has 0 radical (unpaired) electrons. The number of para-hydroxylation sites is 1. The third-order valence-electron chi connectivity index (χ3n) is 13.9. The number of hydrogen-bond donors (Lipinski definition) is 0. The molecule has 1 aliphatic heterocycles. The van der Waals surface area contributed by atoms with Gasteiger partial charge in [-0.1, -0.05) is 168 Å². The molecule has 0 N–H and O–H groups in total. The topological polar surface area (TPSA) is 35.9 Å². The van der Waals surface area contributed by atoms with Crippen LogP contribution in [-0.4, -0.2) is 14.1 Å². The van der Waals surface area contributed by atoms with Crippen LogP contribution in [0.25, 0.3) is 106 Å². The van der Waals surface area contributed by atoms with Crippen LogP contribution in [-0.2, 0) is 31.9 Å². The predicted molar refractivity (Wildman–Crippen MR) is 308 cm³/mol. The van der Waals surface area contributed by atoms with E-state index in [1.165, 1.54) is 34.9 Å². The molecule has 0 unspecified atom stereocenters. The molecule has 0 saturated heterocycles. The SMILES string of the molecule is [2H]c1c([2H])c([2H])c(-c2cc(-c3c(C([2H])([2H])[2H])cccc3C([2H])([2H])[2H])cc3c2-[n+]2[c-]n(-c4[c-]c(Oc5[c-]c6c(cc5)c5ccccc5n6-c5cc(C(C)(C)C)ccn5)ccc4)c4cc(C(C)(C)C)cc(c42)-c2c([2H])c([2H])c([2H])c([2H])c2-c2c([2H])c([2H])c([2H])c([2H])c2-3)c([2H])c1[2H].[Pt]. The van der Waals surface area contributed by atoms with Crippen LogP contribution in [0.15, 0.2) is 194 Å². The van der Waals surface area contributed by atoms with Gasteiger partial charge in [0.25, 0.3) is 6.33 Å². The fourth-order valence-corrected chi connectivity index (χ4v) is 10.2. The quantitative estimate of drug-likeness (QED) is 0.123. The Balaban J connectivity index is 0.00000864. The molecule has 0 fully saturated rings. The second kappa shape index (κ2) is 18.6. The average molecular weight is 1180 g/mol. The molecule has 1 aliphatic rings. The Morgan fingerprint density at radius 3 is 1.91 bits per heavy atom. The standard InChI is InChI=1S/C70H56N4O.Pt/c1-44-20-18-21-45(2)66(44)47-36-59(46-22-10-9-11-23-46)67-60(37-47)55-28-14-12-26-53(55)54-27-13-15-29-56(54)61-38-49(70(6,7)8)39-64-68(61)73(67)43-72(64)50-24-19-25-51(41-50)75-52-32-33-58-57-30-16-17-31-62(57)74(63(58)42-52)65-40-48(34-35-71-65)69(3,4)5;/h9-40H,1-8H3;/q-2;/i1D3,2D3,9D,10D,11D,12D,13D,14D,15D,22D,23D,26D,27D,28D,29D;. The molecule has 0 saturated carbocycles. The first-order chi connectivity index (χ1) is 44.1. The van der Waals surface area contributed by atoms with Crippen LogP contribution in [0.1, 0.15) is 89.8 Å². The van der Waals surface area contributed by atoms with Crippen molar-refractivity contribution in [1.29, 1.82) is 0 Å². The maximum atomic E-state index is 10.0. The van der Waals surface area contributed by atoms with Gasteiger partial charge >= 0.3 is 0 Å². The van der Waals surface area contributed by atoms with Gasteiger partial charge in [0.05, 0.1) is 34.5 Å². The minimum atomic E-state index is -3.04. The summed E-state index contributed by atoms with van der Waals surface area (Å²) in [6, 6.07) is 27.7. The molecule has 13 rings (SSSR count). The first kappa shape index (κ1) is 31.7. The zero-order valence-corrected chi connectivity index (χ0v) is 44.3. The Morgan fingerprint density at radius 1 is 0.553 bits per heavy atom. The number of fused-ring (bicyclic) bond motifs is 10. The van der Waals surface area contributed by atoms with Gasteiger partial charge in [0, 0.05) is 52.5 Å². The van der Waals surface area contributed by atoms with E-state index in [-0.39, 0.29) is 93.6 Å². The van der Waals surface area contributed by atoms with E-state index in [2.05, 4.69) is 45.3 Å². The van der Waals surface area contributed by atoms with E-state index in [1.807, 2.05) is 67.8 Å². The Kier molecular flexibility index (Phi) is 7.77. The number of imidazole rings is 1. The summed E-state index contributed by atoms with van der Waals surface area (Å²) in [6.45, 7) is 6.10. The maximum absolute atomic E-state index is 10.0. The fourth-order valence-electron chi connectivity index (χ4n) is 10.2. The molecular formula is C70H56N4OPt-2. The molecule has 3 aromatic heterocycles. The minimum absolute atomic E-state index is 0. The van der Waals surface area contributed by atoms with Gasteiger partial charge in [0.15, 0.2) is 0 Å². The summed E-state index contributed by atoms with van der Waals surface area (Å²) in [6.07, 6.45) is 5.25. The third-order valence-corrected chi connectivity index (χ3v) is 13.9. The van der Waals surface area contributed by atoms with E-state index in [0.717, 1.165) is 21.9 Å². The number of benzene rings is 9. The monoisotopic (exact) mass is 1180 g/mol. The van der Waals surface area contributed by atoms with Crippen LogP contribution in [0, 0.1) is 32.2 Å². The van der Waals surface area contributed by atoms with Crippen molar-refractivity contribution in [3.05, 3.63) is 235 Å². The second-order valence-electron chi connectivity index (χ2n) is 20.7. The third kappa shape index (κ3) is 8.20. The molecule has 76 heavy (non-hydrogen) atoms. The van der Waals surface area contributed by atoms with Crippen LogP contribution >= 0.6 is 0 Å². The van der Waals surface area contributed by atoms with Gasteiger partial charge in [-0.25, -0.2) is 4.98 Å². The molecule has 0 atom stereocenters. The predicted octanol–water partition coefficient (Wildman–Crippen LogP) is 17.4. The van der Waals surface area contributed by atoms with Crippen molar-refractivity contribution in [2.45, 2.75) is 66.1 Å². The van der Waals surface area contributed by atoms with Crippen LogP contribution in [0.3, 0.4) is 0 Å². The first-order valence-electron chi connectivity index (χ1n) is 33.9. The number of aryl methyl sites for hydroxylation is 2. The summed E-state index contributed by atoms with van der Waals surface area (Å²) >= 11 is 0.